The predicted molar refractivity (Wildman–Crippen MR) is 130 cm³/mol. The smallest absolute Gasteiger partial charge is 0.303 e. The third kappa shape index (κ3) is 4.76. The van der Waals surface area contributed by atoms with Crippen LogP contribution in [0.25, 0.3) is 0 Å². The van der Waals surface area contributed by atoms with Gasteiger partial charge in [-0.05, 0) is 50.2 Å². The van der Waals surface area contributed by atoms with E-state index in [1.54, 1.807) is 0 Å². The van der Waals surface area contributed by atoms with Crippen LogP contribution in [0.3, 0.4) is 0 Å². The zero-order valence-electron chi connectivity index (χ0n) is 19.9. The Morgan fingerprint density at radius 3 is 2.74 bits per heavy atom. The van der Waals surface area contributed by atoms with Crippen molar-refractivity contribution in [1.29, 1.82) is 0 Å². The number of unbranched alkanes of at least 4 members (excludes halogenated alkanes) is 3. The first-order valence-electron chi connectivity index (χ1n) is 12.7. The number of aryl methyl sites for hydroxylation is 1. The Kier molecular flexibility index (Phi) is 6.74. The van der Waals surface area contributed by atoms with E-state index in [2.05, 4.69) is 28.9 Å². The van der Waals surface area contributed by atoms with Gasteiger partial charge in [-0.25, -0.2) is 9.98 Å². The molecule has 0 saturated heterocycles. The summed E-state index contributed by atoms with van der Waals surface area (Å²) in [7, 11) is 0. The van der Waals surface area contributed by atoms with Crippen LogP contribution in [0.4, 0.5) is 11.5 Å². The molecule has 0 amide bonds. The van der Waals surface area contributed by atoms with Gasteiger partial charge >= 0.3 is 5.97 Å². The molecule has 1 aliphatic carbocycles. The second kappa shape index (κ2) is 10.1. The van der Waals surface area contributed by atoms with Crippen LogP contribution in [0, 0.1) is 5.92 Å². The molecule has 2 aliphatic heterocycles. The molecular formula is C26H33N5O3. The van der Waals surface area contributed by atoms with Crippen molar-refractivity contribution < 1.29 is 14.6 Å². The number of nitrogens with zero attached hydrogens (tertiary/aromatic N) is 5. The van der Waals surface area contributed by atoms with Crippen LogP contribution in [0.5, 0.6) is 5.88 Å². The molecule has 2 aromatic heterocycles. The van der Waals surface area contributed by atoms with Crippen LogP contribution in [0.2, 0.25) is 0 Å². The van der Waals surface area contributed by atoms with E-state index < -0.39 is 5.97 Å². The number of carboxylic acid groups (broad SMARTS) is 1. The lowest BCUT2D eigenvalue weighted by Gasteiger charge is -2.29. The van der Waals surface area contributed by atoms with Crippen molar-refractivity contribution >= 4 is 23.3 Å². The number of anilines is 1. The molecule has 1 saturated carbocycles. The van der Waals surface area contributed by atoms with Gasteiger partial charge in [0, 0.05) is 24.5 Å². The summed E-state index contributed by atoms with van der Waals surface area (Å²) in [6, 6.07) is 4.22. The van der Waals surface area contributed by atoms with Crippen LogP contribution in [0.1, 0.15) is 87.7 Å². The number of hydrogen-bond acceptors (Lipinski definition) is 7. The first-order valence-corrected chi connectivity index (χ1v) is 12.7. The molecule has 0 unspecified atom stereocenters. The Labute approximate surface area is 200 Å². The van der Waals surface area contributed by atoms with E-state index in [1.807, 2.05) is 6.20 Å². The molecule has 1 fully saturated rings. The van der Waals surface area contributed by atoms with Crippen molar-refractivity contribution in [2.24, 2.45) is 10.9 Å². The van der Waals surface area contributed by atoms with Gasteiger partial charge in [-0.3, -0.25) is 9.78 Å². The quantitative estimate of drug-likeness (QED) is 0.520. The number of aliphatic imine (C=N–C) groups is 1. The van der Waals surface area contributed by atoms with E-state index in [0.29, 0.717) is 30.9 Å². The van der Waals surface area contributed by atoms with Crippen LogP contribution in [-0.4, -0.2) is 45.0 Å². The zero-order chi connectivity index (χ0) is 23.5. The highest BCUT2D eigenvalue weighted by Gasteiger charge is 2.35. The third-order valence-electron chi connectivity index (χ3n) is 7.21. The highest BCUT2D eigenvalue weighted by atomic mass is 16.5. The minimum absolute atomic E-state index is 0.283. The molecule has 0 bridgehead atoms. The van der Waals surface area contributed by atoms with Gasteiger partial charge in [-0.15, -0.1) is 0 Å². The summed E-state index contributed by atoms with van der Waals surface area (Å²) < 4.78 is 6.00. The van der Waals surface area contributed by atoms with E-state index in [1.165, 1.54) is 19.3 Å². The maximum absolute atomic E-state index is 11.0. The second-order valence-electron chi connectivity index (χ2n) is 9.65. The first kappa shape index (κ1) is 22.7. The standard InChI is InChI=1S/C26H33N5O3/c1-2-3-4-5-6-21-28-24-23-25(30-24)31(13-14-34-26(23)29-21)19-11-12-20(27-16-19)18-9-7-17(8-10-18)15-22(32)33/h11-12,16-18H,2-10,13-15H2,1H3,(H,32,33)/t17-,18+. The maximum atomic E-state index is 11.0. The van der Waals surface area contributed by atoms with Gasteiger partial charge in [-0.2, -0.15) is 4.98 Å². The summed E-state index contributed by atoms with van der Waals surface area (Å²) in [5.41, 5.74) is 3.00. The Balaban J connectivity index is 1.25. The van der Waals surface area contributed by atoms with E-state index in [4.69, 9.17) is 24.8 Å². The van der Waals surface area contributed by atoms with E-state index in [0.717, 1.165) is 72.9 Å². The Bertz CT molecular complexity index is 1060. The van der Waals surface area contributed by atoms with E-state index in [-0.39, 0.29) is 6.42 Å². The van der Waals surface area contributed by atoms with E-state index in [9.17, 15) is 4.79 Å². The summed E-state index contributed by atoms with van der Waals surface area (Å²) in [5, 5.41) is 9.03. The number of pyridine rings is 1. The van der Waals surface area contributed by atoms with Crippen molar-refractivity contribution in [3.05, 3.63) is 35.4 Å². The van der Waals surface area contributed by atoms with Gasteiger partial charge in [0.2, 0.25) is 5.88 Å². The highest BCUT2D eigenvalue weighted by Crippen LogP contribution is 2.40. The number of ether oxygens (including phenoxy) is 1. The number of carbonyl (C=O) groups is 1. The molecule has 0 spiro atoms. The molecule has 3 aliphatic rings. The summed E-state index contributed by atoms with van der Waals surface area (Å²) in [6.07, 6.45) is 11.7. The average Bonchev–Trinajstić information content (AvgIpc) is 2.98. The molecule has 0 aromatic carbocycles. The van der Waals surface area contributed by atoms with Crippen LogP contribution in [0.15, 0.2) is 23.3 Å². The lowest BCUT2D eigenvalue weighted by Crippen LogP contribution is -2.36. The summed E-state index contributed by atoms with van der Waals surface area (Å²) >= 11 is 0. The molecular weight excluding hydrogens is 430 g/mol. The van der Waals surface area contributed by atoms with Gasteiger partial charge in [0.05, 0.1) is 18.4 Å². The predicted octanol–water partition coefficient (Wildman–Crippen LogP) is 5.03. The fourth-order valence-corrected chi connectivity index (χ4v) is 5.27. The number of rotatable bonds is 9. The fraction of sp³-hybridized carbons (Fsp3) is 0.577. The van der Waals surface area contributed by atoms with Gasteiger partial charge in [0.15, 0.2) is 11.7 Å². The Hall–Kier alpha value is -3.03. The van der Waals surface area contributed by atoms with Crippen molar-refractivity contribution in [1.82, 2.24) is 15.0 Å². The summed E-state index contributed by atoms with van der Waals surface area (Å²) in [6.45, 7) is 3.43. The van der Waals surface area contributed by atoms with Gasteiger partial charge < -0.3 is 14.7 Å². The third-order valence-corrected chi connectivity index (χ3v) is 7.21. The SMILES string of the molecule is CCCCCCc1nc2c3c(n1)OCCN(c1ccc([C@H]4CC[C@@H](CC(=O)O)CC4)nc1)C3=N2. The van der Waals surface area contributed by atoms with Gasteiger partial charge in [0.1, 0.15) is 18.0 Å². The van der Waals surface area contributed by atoms with Gasteiger partial charge in [0.25, 0.3) is 0 Å². The number of carboxylic acids is 1. The summed E-state index contributed by atoms with van der Waals surface area (Å²) in [4.78, 5) is 32.0. The molecule has 1 N–H and O–H groups in total. The number of hydrogen-bond donors (Lipinski definition) is 1. The van der Waals surface area contributed by atoms with E-state index >= 15 is 0 Å². The molecule has 4 heterocycles. The fourth-order valence-electron chi connectivity index (χ4n) is 5.27. The lowest BCUT2D eigenvalue weighted by atomic mass is 9.79. The van der Waals surface area contributed by atoms with Crippen molar-refractivity contribution in [2.45, 2.75) is 77.0 Å². The minimum atomic E-state index is -0.690. The Morgan fingerprint density at radius 1 is 1.15 bits per heavy atom. The molecule has 8 heteroatoms. The van der Waals surface area contributed by atoms with Crippen molar-refractivity contribution in [3.8, 4) is 5.88 Å². The van der Waals surface area contributed by atoms with Gasteiger partial charge in [-0.1, -0.05) is 26.2 Å². The molecule has 34 heavy (non-hydrogen) atoms. The van der Waals surface area contributed by atoms with Crippen LogP contribution in [-0.2, 0) is 11.2 Å². The maximum Gasteiger partial charge on any atom is 0.303 e. The molecule has 180 valence electrons. The normalized spacial score (nSPS) is 21.1. The summed E-state index contributed by atoms with van der Waals surface area (Å²) in [5.74, 6) is 3.10. The lowest BCUT2D eigenvalue weighted by molar-refractivity contribution is -0.138. The molecule has 0 atom stereocenters. The number of amidine groups is 1. The monoisotopic (exact) mass is 463 g/mol. The highest BCUT2D eigenvalue weighted by molar-refractivity contribution is 6.20. The molecule has 0 radical (unpaired) electrons. The number of aromatic nitrogens is 3. The minimum Gasteiger partial charge on any atom is -0.481 e. The number of aliphatic carboxylic acids is 1. The van der Waals surface area contributed by atoms with Crippen molar-refractivity contribution in [2.75, 3.05) is 18.1 Å². The second-order valence-corrected chi connectivity index (χ2v) is 9.65. The van der Waals surface area contributed by atoms with Crippen molar-refractivity contribution in [3.63, 3.8) is 0 Å². The molecule has 8 nitrogen and oxygen atoms in total. The Morgan fingerprint density at radius 2 is 2.00 bits per heavy atom. The molecule has 5 rings (SSSR count). The first-order chi connectivity index (χ1) is 16.6. The molecule has 2 aromatic rings. The zero-order valence-corrected chi connectivity index (χ0v) is 19.9. The van der Waals surface area contributed by atoms with Crippen LogP contribution >= 0.6 is 0 Å². The average molecular weight is 464 g/mol. The largest absolute Gasteiger partial charge is 0.481 e. The topological polar surface area (TPSA) is 101 Å². The van der Waals surface area contributed by atoms with Crippen LogP contribution < -0.4 is 9.64 Å².